The number of hydrogen-bond donors (Lipinski definition) is 0. The third kappa shape index (κ3) is 8.86. The molecule has 2 nitrogen and oxygen atoms in total. The van der Waals surface area contributed by atoms with Crippen molar-refractivity contribution in [1.82, 2.24) is 0 Å². The van der Waals surface area contributed by atoms with Gasteiger partial charge in [-0.25, -0.2) is 8.78 Å². The zero-order chi connectivity index (χ0) is 28.2. The molecule has 0 unspecified atom stereocenters. The number of halogens is 2. The van der Waals surface area contributed by atoms with Crippen LogP contribution in [0.5, 0.6) is 0 Å². The average molecular weight is 555 g/mol. The van der Waals surface area contributed by atoms with E-state index in [-0.39, 0.29) is 11.5 Å². The Kier molecular flexibility index (Phi) is 12.9. The highest BCUT2D eigenvalue weighted by Gasteiger charge is 2.29. The molecule has 1 saturated carbocycles. The minimum atomic E-state index is -0.856. The smallest absolute Gasteiger partial charge is 0.186 e. The second kappa shape index (κ2) is 16.6. The second-order valence-electron chi connectivity index (χ2n) is 12.4. The SMILES string of the molecule is CCCCCCCCCc1ccc(C2OCC(c3ccc(C4CCC(CCCCC)CC4)cc3)CO2)c(F)c1F. The predicted octanol–water partition coefficient (Wildman–Crippen LogP) is 10.9. The third-order valence-electron chi connectivity index (χ3n) is 9.34. The number of benzene rings is 2. The van der Waals surface area contributed by atoms with Gasteiger partial charge in [0.2, 0.25) is 0 Å². The first-order valence-electron chi connectivity index (χ1n) is 16.4. The van der Waals surface area contributed by atoms with Crippen molar-refractivity contribution in [2.24, 2.45) is 5.92 Å². The lowest BCUT2D eigenvalue weighted by Crippen LogP contribution is -2.26. The highest BCUT2D eigenvalue weighted by molar-refractivity contribution is 5.30. The maximum Gasteiger partial charge on any atom is 0.186 e. The van der Waals surface area contributed by atoms with Crippen molar-refractivity contribution in [2.45, 2.75) is 135 Å². The van der Waals surface area contributed by atoms with E-state index < -0.39 is 17.9 Å². The Morgan fingerprint density at radius 3 is 1.85 bits per heavy atom. The molecule has 1 aliphatic heterocycles. The summed E-state index contributed by atoms with van der Waals surface area (Å²) < 4.78 is 41.6. The summed E-state index contributed by atoms with van der Waals surface area (Å²) in [6.07, 6.45) is 18.6. The van der Waals surface area contributed by atoms with Crippen LogP contribution in [0.1, 0.15) is 151 Å². The van der Waals surface area contributed by atoms with E-state index in [9.17, 15) is 8.78 Å². The summed E-state index contributed by atoms with van der Waals surface area (Å²) in [5.74, 6) is 0.123. The van der Waals surface area contributed by atoms with E-state index in [4.69, 9.17) is 9.47 Å². The van der Waals surface area contributed by atoms with Crippen LogP contribution in [0.15, 0.2) is 36.4 Å². The fourth-order valence-corrected chi connectivity index (χ4v) is 6.64. The van der Waals surface area contributed by atoms with Crippen molar-refractivity contribution in [2.75, 3.05) is 13.2 Å². The van der Waals surface area contributed by atoms with Crippen LogP contribution in [0.25, 0.3) is 0 Å². The van der Waals surface area contributed by atoms with E-state index >= 15 is 0 Å². The molecule has 0 spiro atoms. The van der Waals surface area contributed by atoms with Crippen molar-refractivity contribution >= 4 is 0 Å². The van der Waals surface area contributed by atoms with Gasteiger partial charge in [-0.1, -0.05) is 114 Å². The number of aryl methyl sites for hydroxylation is 1. The largest absolute Gasteiger partial charge is 0.348 e. The highest BCUT2D eigenvalue weighted by atomic mass is 19.2. The molecule has 0 N–H and O–H groups in total. The molecular weight excluding hydrogens is 502 g/mol. The van der Waals surface area contributed by atoms with Gasteiger partial charge in [-0.15, -0.1) is 0 Å². The molecule has 2 aromatic carbocycles. The molecular formula is C36H52F2O2. The molecule has 1 heterocycles. The van der Waals surface area contributed by atoms with Crippen LogP contribution >= 0.6 is 0 Å². The van der Waals surface area contributed by atoms with Crippen LogP contribution in [-0.2, 0) is 15.9 Å². The van der Waals surface area contributed by atoms with Gasteiger partial charge in [-0.2, -0.15) is 0 Å². The van der Waals surface area contributed by atoms with Gasteiger partial charge in [0.1, 0.15) is 0 Å². The lowest BCUT2D eigenvalue weighted by Gasteiger charge is -2.31. The molecule has 4 rings (SSSR count). The molecule has 0 bridgehead atoms. The fraction of sp³-hybridized carbons (Fsp3) is 0.667. The summed E-state index contributed by atoms with van der Waals surface area (Å²) in [5.41, 5.74) is 3.25. The van der Waals surface area contributed by atoms with E-state index in [1.165, 1.54) is 88.2 Å². The molecule has 0 radical (unpaired) electrons. The summed E-state index contributed by atoms with van der Waals surface area (Å²) in [6.45, 7) is 5.37. The Balaban J connectivity index is 1.22. The van der Waals surface area contributed by atoms with Crippen LogP contribution in [0.2, 0.25) is 0 Å². The van der Waals surface area contributed by atoms with Gasteiger partial charge in [0.05, 0.1) is 13.2 Å². The van der Waals surface area contributed by atoms with Gasteiger partial charge >= 0.3 is 0 Å². The molecule has 4 heteroatoms. The zero-order valence-electron chi connectivity index (χ0n) is 25.1. The van der Waals surface area contributed by atoms with E-state index in [0.717, 1.165) is 25.2 Å². The Hall–Kier alpha value is -1.78. The van der Waals surface area contributed by atoms with Gasteiger partial charge < -0.3 is 9.47 Å². The Morgan fingerprint density at radius 2 is 1.20 bits per heavy atom. The Bertz CT molecular complexity index is 989. The van der Waals surface area contributed by atoms with Crippen LogP contribution in [0, 0.1) is 17.6 Å². The fourth-order valence-electron chi connectivity index (χ4n) is 6.64. The van der Waals surface area contributed by atoms with Crippen LogP contribution in [-0.4, -0.2) is 13.2 Å². The number of unbranched alkanes of at least 4 members (excludes halogenated alkanes) is 8. The van der Waals surface area contributed by atoms with Gasteiger partial charge in [-0.05, 0) is 67.1 Å². The summed E-state index contributed by atoms with van der Waals surface area (Å²) in [7, 11) is 0. The molecule has 0 atom stereocenters. The quantitative estimate of drug-likeness (QED) is 0.204. The first-order valence-corrected chi connectivity index (χ1v) is 16.4. The maximum absolute atomic E-state index is 15.0. The van der Waals surface area contributed by atoms with Crippen molar-refractivity contribution < 1.29 is 18.3 Å². The molecule has 1 saturated heterocycles. The monoisotopic (exact) mass is 554 g/mol. The topological polar surface area (TPSA) is 18.5 Å². The van der Waals surface area contributed by atoms with E-state index in [0.29, 0.717) is 31.1 Å². The summed E-state index contributed by atoms with van der Waals surface area (Å²) in [4.78, 5) is 0. The average Bonchev–Trinajstić information content (AvgIpc) is 2.99. The number of hydrogen-bond acceptors (Lipinski definition) is 2. The predicted molar refractivity (Wildman–Crippen MR) is 161 cm³/mol. The normalized spacial score (nSPS) is 23.4. The summed E-state index contributed by atoms with van der Waals surface area (Å²) in [5, 5.41) is 0. The van der Waals surface area contributed by atoms with Crippen LogP contribution in [0.3, 0.4) is 0 Å². The molecule has 0 amide bonds. The molecule has 2 fully saturated rings. The van der Waals surface area contributed by atoms with E-state index in [2.05, 4.69) is 38.1 Å². The maximum atomic E-state index is 15.0. The van der Waals surface area contributed by atoms with Gasteiger partial charge in [0, 0.05) is 11.5 Å². The first-order chi connectivity index (χ1) is 19.6. The van der Waals surface area contributed by atoms with Crippen molar-refractivity contribution in [1.29, 1.82) is 0 Å². The van der Waals surface area contributed by atoms with Crippen LogP contribution in [0.4, 0.5) is 8.78 Å². The van der Waals surface area contributed by atoms with Gasteiger partial charge in [-0.3, -0.25) is 0 Å². The van der Waals surface area contributed by atoms with E-state index in [1.807, 2.05) is 0 Å². The van der Waals surface area contributed by atoms with E-state index in [1.54, 1.807) is 12.1 Å². The highest BCUT2D eigenvalue weighted by Crippen LogP contribution is 2.39. The molecule has 2 aromatic rings. The van der Waals surface area contributed by atoms with Gasteiger partial charge in [0.15, 0.2) is 17.9 Å². The minimum Gasteiger partial charge on any atom is -0.348 e. The van der Waals surface area contributed by atoms with Crippen LogP contribution < -0.4 is 0 Å². The minimum absolute atomic E-state index is 0.101. The summed E-state index contributed by atoms with van der Waals surface area (Å²) in [6, 6.07) is 12.3. The second-order valence-corrected chi connectivity index (χ2v) is 12.4. The van der Waals surface area contributed by atoms with Crippen molar-refractivity contribution in [3.8, 4) is 0 Å². The van der Waals surface area contributed by atoms with Crippen molar-refractivity contribution in [3.05, 3.63) is 70.3 Å². The molecule has 2 aliphatic rings. The third-order valence-corrected chi connectivity index (χ3v) is 9.34. The molecule has 0 aromatic heterocycles. The standard InChI is InChI=1S/C36H52F2O2/c1-3-5-7-8-9-10-12-14-31-23-24-33(35(38)34(31)37)36-39-25-32(26-40-36)30-21-19-29(20-22-30)28-17-15-27(16-18-28)13-11-6-4-2/h19-24,27-28,32,36H,3-18,25-26H2,1-2H3. The van der Waals surface area contributed by atoms with Gasteiger partial charge in [0.25, 0.3) is 0 Å². The van der Waals surface area contributed by atoms with Crippen molar-refractivity contribution in [3.63, 3.8) is 0 Å². The Morgan fingerprint density at radius 1 is 0.625 bits per heavy atom. The molecule has 40 heavy (non-hydrogen) atoms. The first kappa shape index (κ1) is 31.2. The number of ether oxygens (including phenoxy) is 2. The zero-order valence-corrected chi connectivity index (χ0v) is 25.1. The Labute approximate surface area is 242 Å². The molecule has 222 valence electrons. The number of rotatable bonds is 15. The molecule has 1 aliphatic carbocycles. The summed E-state index contributed by atoms with van der Waals surface area (Å²) >= 11 is 0. The lowest BCUT2D eigenvalue weighted by atomic mass is 9.77. The lowest BCUT2D eigenvalue weighted by molar-refractivity contribution is -0.193.